The molecule has 1 saturated carbocycles. The Kier molecular flexibility index (Phi) is 3.80. The van der Waals surface area contributed by atoms with Crippen LogP contribution in [0.25, 0.3) is 0 Å². The van der Waals surface area contributed by atoms with E-state index in [0.717, 1.165) is 29.8 Å². The Hall–Kier alpha value is -1.55. The zero-order chi connectivity index (χ0) is 14.0. The number of methoxy groups -OCH3 is 2. The maximum absolute atomic E-state index is 12.3. The number of carbonyl (C=O) groups excluding carboxylic acids is 1. The summed E-state index contributed by atoms with van der Waals surface area (Å²) in [7, 11) is 3.23. The second kappa shape index (κ2) is 5.21. The second-order valence-corrected chi connectivity index (χ2v) is 5.22. The second-order valence-electron chi connectivity index (χ2n) is 5.22. The number of aryl methyl sites for hydroxylation is 1. The smallest absolute Gasteiger partial charge is 0.256 e. The Labute approximate surface area is 114 Å². The molecule has 104 valence electrons. The van der Waals surface area contributed by atoms with E-state index in [1.165, 1.54) is 0 Å². The van der Waals surface area contributed by atoms with E-state index in [-0.39, 0.29) is 5.91 Å². The van der Waals surface area contributed by atoms with Gasteiger partial charge in [0.2, 0.25) is 0 Å². The lowest BCUT2D eigenvalue weighted by Gasteiger charge is -2.26. The largest absolute Gasteiger partial charge is 0.496 e. The van der Waals surface area contributed by atoms with Gasteiger partial charge in [0.05, 0.1) is 7.11 Å². The van der Waals surface area contributed by atoms with Crippen molar-refractivity contribution in [3.8, 4) is 5.75 Å². The zero-order valence-corrected chi connectivity index (χ0v) is 11.9. The van der Waals surface area contributed by atoms with Crippen molar-refractivity contribution in [3.05, 3.63) is 23.8 Å². The normalized spacial score (nSPS) is 17.7. The number of carbonyl (C=O) groups is 1. The summed E-state index contributed by atoms with van der Waals surface area (Å²) >= 11 is 0. The minimum atomic E-state index is -0.728. The van der Waals surface area contributed by atoms with Gasteiger partial charge in [-0.25, -0.2) is 0 Å². The first-order valence-electron chi connectivity index (χ1n) is 6.52. The van der Waals surface area contributed by atoms with Crippen molar-refractivity contribution in [2.45, 2.75) is 32.3 Å². The molecule has 0 radical (unpaired) electrons. The Balaban J connectivity index is 2.12. The van der Waals surface area contributed by atoms with Crippen LogP contribution in [0.5, 0.6) is 5.75 Å². The number of benzene rings is 1. The van der Waals surface area contributed by atoms with Crippen LogP contribution < -0.4 is 10.1 Å². The lowest BCUT2D eigenvalue weighted by molar-refractivity contribution is -0.138. The Bertz CT molecular complexity index is 482. The van der Waals surface area contributed by atoms with Crippen LogP contribution in [0.3, 0.4) is 0 Å². The van der Waals surface area contributed by atoms with Gasteiger partial charge in [-0.15, -0.1) is 0 Å². The van der Waals surface area contributed by atoms with Gasteiger partial charge in [0, 0.05) is 12.8 Å². The first kappa shape index (κ1) is 13.9. The lowest BCUT2D eigenvalue weighted by Crippen LogP contribution is -2.44. The summed E-state index contributed by atoms with van der Waals surface area (Å²) < 4.78 is 10.6. The first-order valence-corrected chi connectivity index (χ1v) is 6.52. The van der Waals surface area contributed by atoms with Gasteiger partial charge in [0.25, 0.3) is 5.91 Å². The molecular weight excluding hydrogens is 242 g/mol. The van der Waals surface area contributed by atoms with Gasteiger partial charge in [0.1, 0.15) is 11.4 Å². The predicted molar refractivity (Wildman–Crippen MR) is 74.5 cm³/mol. The molecule has 1 atom stereocenters. The van der Waals surface area contributed by atoms with Gasteiger partial charge >= 0.3 is 0 Å². The van der Waals surface area contributed by atoms with Gasteiger partial charge in [-0.3, -0.25) is 4.79 Å². The van der Waals surface area contributed by atoms with Gasteiger partial charge in [-0.1, -0.05) is 0 Å². The summed E-state index contributed by atoms with van der Waals surface area (Å²) in [5.74, 6) is 1.06. The van der Waals surface area contributed by atoms with E-state index in [1.54, 1.807) is 14.2 Å². The fraction of sp³-hybridized carbons (Fsp3) is 0.533. The molecule has 0 aromatic heterocycles. The van der Waals surface area contributed by atoms with Crippen molar-refractivity contribution in [1.29, 1.82) is 0 Å². The van der Waals surface area contributed by atoms with Crippen LogP contribution >= 0.6 is 0 Å². The van der Waals surface area contributed by atoms with E-state index in [4.69, 9.17) is 9.47 Å². The minimum Gasteiger partial charge on any atom is -0.496 e. The molecule has 0 saturated heterocycles. The van der Waals surface area contributed by atoms with Crippen molar-refractivity contribution >= 4 is 11.6 Å². The van der Waals surface area contributed by atoms with E-state index in [1.807, 2.05) is 32.0 Å². The first-order chi connectivity index (χ1) is 9.01. The fourth-order valence-corrected chi connectivity index (χ4v) is 2.29. The van der Waals surface area contributed by atoms with Gasteiger partial charge < -0.3 is 14.8 Å². The molecule has 4 heteroatoms. The number of anilines is 1. The Morgan fingerprint density at radius 1 is 1.37 bits per heavy atom. The third-order valence-electron chi connectivity index (χ3n) is 3.88. The third kappa shape index (κ3) is 2.73. The molecule has 4 nitrogen and oxygen atoms in total. The molecule has 1 N–H and O–H groups in total. The molecule has 1 aliphatic rings. The summed E-state index contributed by atoms with van der Waals surface area (Å²) in [5.41, 5.74) is 1.03. The highest BCUT2D eigenvalue weighted by Crippen LogP contribution is 2.42. The zero-order valence-electron chi connectivity index (χ0n) is 11.9. The average Bonchev–Trinajstić information content (AvgIpc) is 3.22. The average molecular weight is 263 g/mol. The van der Waals surface area contributed by atoms with Gasteiger partial charge in [-0.05, 0) is 56.4 Å². The van der Waals surface area contributed by atoms with Crippen molar-refractivity contribution < 1.29 is 14.3 Å². The summed E-state index contributed by atoms with van der Waals surface area (Å²) in [4.78, 5) is 12.3. The molecule has 1 aromatic rings. The van der Waals surface area contributed by atoms with Gasteiger partial charge in [0.15, 0.2) is 0 Å². The van der Waals surface area contributed by atoms with Crippen molar-refractivity contribution in [2.24, 2.45) is 5.92 Å². The number of hydrogen-bond acceptors (Lipinski definition) is 3. The molecule has 1 unspecified atom stereocenters. The van der Waals surface area contributed by atoms with Crippen LogP contribution in [0.15, 0.2) is 18.2 Å². The van der Waals surface area contributed by atoms with Crippen molar-refractivity contribution in [3.63, 3.8) is 0 Å². The number of hydrogen-bond donors (Lipinski definition) is 1. The maximum atomic E-state index is 12.3. The molecular formula is C15H21NO3. The molecule has 0 aliphatic heterocycles. The van der Waals surface area contributed by atoms with Gasteiger partial charge in [-0.2, -0.15) is 0 Å². The van der Waals surface area contributed by atoms with Crippen LogP contribution in [0, 0.1) is 12.8 Å². The standard InChI is InChI=1S/C15H21NO3/c1-10-9-12(7-8-13(10)18-3)16-14(17)15(2,19-4)11-5-6-11/h7-9,11H,5-6H2,1-4H3,(H,16,17). The molecule has 0 heterocycles. The highest BCUT2D eigenvalue weighted by atomic mass is 16.5. The molecule has 2 rings (SSSR count). The molecule has 1 fully saturated rings. The topological polar surface area (TPSA) is 47.6 Å². The number of ether oxygens (including phenoxy) is 2. The molecule has 0 bridgehead atoms. The lowest BCUT2D eigenvalue weighted by atomic mass is 9.99. The number of nitrogens with one attached hydrogen (secondary N) is 1. The summed E-state index contributed by atoms with van der Waals surface area (Å²) in [6.07, 6.45) is 2.11. The monoisotopic (exact) mass is 263 g/mol. The molecule has 1 aromatic carbocycles. The van der Waals surface area contributed by atoms with Crippen molar-refractivity contribution in [2.75, 3.05) is 19.5 Å². The number of rotatable bonds is 5. The third-order valence-corrected chi connectivity index (χ3v) is 3.88. The fourth-order valence-electron chi connectivity index (χ4n) is 2.29. The Morgan fingerprint density at radius 3 is 2.53 bits per heavy atom. The number of amides is 1. The summed E-state index contributed by atoms with van der Waals surface area (Å²) in [6, 6.07) is 5.60. The summed E-state index contributed by atoms with van der Waals surface area (Å²) in [6.45, 7) is 3.81. The van der Waals surface area contributed by atoms with E-state index in [2.05, 4.69) is 5.32 Å². The Morgan fingerprint density at radius 2 is 2.05 bits per heavy atom. The SMILES string of the molecule is COc1ccc(NC(=O)C(C)(OC)C2CC2)cc1C. The molecule has 1 aliphatic carbocycles. The van der Waals surface area contributed by atoms with E-state index in [0.29, 0.717) is 5.92 Å². The van der Waals surface area contributed by atoms with Crippen LogP contribution in [-0.2, 0) is 9.53 Å². The highest BCUT2D eigenvalue weighted by molar-refractivity contribution is 5.97. The van der Waals surface area contributed by atoms with E-state index in [9.17, 15) is 4.79 Å². The maximum Gasteiger partial charge on any atom is 0.256 e. The van der Waals surface area contributed by atoms with Crippen LogP contribution in [0.4, 0.5) is 5.69 Å². The van der Waals surface area contributed by atoms with Crippen LogP contribution in [0.1, 0.15) is 25.3 Å². The molecule has 1 amide bonds. The minimum absolute atomic E-state index is 0.0814. The summed E-state index contributed by atoms with van der Waals surface area (Å²) in [5, 5.41) is 2.93. The molecule has 0 spiro atoms. The van der Waals surface area contributed by atoms with E-state index >= 15 is 0 Å². The predicted octanol–water partition coefficient (Wildman–Crippen LogP) is 2.76. The molecule has 19 heavy (non-hydrogen) atoms. The highest BCUT2D eigenvalue weighted by Gasteiger charge is 2.47. The van der Waals surface area contributed by atoms with Crippen LogP contribution in [-0.4, -0.2) is 25.7 Å². The quantitative estimate of drug-likeness (QED) is 0.888. The van der Waals surface area contributed by atoms with Crippen LogP contribution in [0.2, 0.25) is 0 Å². The van der Waals surface area contributed by atoms with E-state index < -0.39 is 5.60 Å². The van der Waals surface area contributed by atoms with Crippen molar-refractivity contribution in [1.82, 2.24) is 0 Å².